The molecule has 0 aliphatic carbocycles. The first kappa shape index (κ1) is 20.1. The Morgan fingerprint density at radius 2 is 2.00 bits per heavy atom. The number of aliphatic hydroxyl groups excluding tert-OH is 1. The molecule has 1 fully saturated rings. The van der Waals surface area contributed by atoms with Gasteiger partial charge in [0, 0.05) is 22.2 Å². The number of nitrogens with zero attached hydrogens (tertiary/aromatic N) is 2. The van der Waals surface area contributed by atoms with Crippen LogP contribution in [-0.4, -0.2) is 28.4 Å². The third-order valence-electron chi connectivity index (χ3n) is 4.67. The monoisotopic (exact) mass is 440 g/mol. The van der Waals surface area contributed by atoms with E-state index in [9.17, 15) is 14.7 Å². The highest BCUT2D eigenvalue weighted by atomic mass is 35.5. The van der Waals surface area contributed by atoms with Crippen molar-refractivity contribution in [1.82, 2.24) is 4.98 Å². The highest BCUT2D eigenvalue weighted by molar-refractivity contribution is 7.14. The lowest BCUT2D eigenvalue weighted by Crippen LogP contribution is -2.29. The molecule has 1 aromatic heterocycles. The number of aliphatic hydroxyl groups is 1. The zero-order valence-electron chi connectivity index (χ0n) is 15.9. The van der Waals surface area contributed by atoms with Crippen LogP contribution in [0.15, 0.2) is 65.7 Å². The van der Waals surface area contributed by atoms with Gasteiger partial charge in [-0.15, -0.1) is 11.3 Å². The van der Waals surface area contributed by atoms with Crippen molar-refractivity contribution in [1.29, 1.82) is 0 Å². The molecule has 4 rings (SSSR count). The van der Waals surface area contributed by atoms with Crippen molar-refractivity contribution >= 4 is 45.5 Å². The Kier molecular flexibility index (Phi) is 5.57. The molecule has 152 valence electrons. The predicted molar refractivity (Wildman–Crippen MR) is 116 cm³/mol. The van der Waals surface area contributed by atoms with Gasteiger partial charge in [-0.25, -0.2) is 4.98 Å². The van der Waals surface area contributed by atoms with Crippen LogP contribution in [0.2, 0.25) is 5.02 Å². The van der Waals surface area contributed by atoms with Gasteiger partial charge in [-0.2, -0.15) is 0 Å². The van der Waals surface area contributed by atoms with Gasteiger partial charge in [0.25, 0.3) is 5.78 Å². The van der Waals surface area contributed by atoms with Crippen LogP contribution in [-0.2, 0) is 9.59 Å². The van der Waals surface area contributed by atoms with Gasteiger partial charge in [-0.3, -0.25) is 14.5 Å². The summed E-state index contributed by atoms with van der Waals surface area (Å²) in [6.07, 6.45) is 1.56. The van der Waals surface area contributed by atoms with Crippen LogP contribution < -0.4 is 9.64 Å². The van der Waals surface area contributed by atoms with Gasteiger partial charge in [0.2, 0.25) is 0 Å². The molecule has 0 bridgehead atoms. The lowest BCUT2D eigenvalue weighted by molar-refractivity contribution is -0.132. The maximum absolute atomic E-state index is 13.0. The van der Waals surface area contributed by atoms with Gasteiger partial charge in [0.1, 0.15) is 11.5 Å². The lowest BCUT2D eigenvalue weighted by atomic mass is 9.95. The number of thiazole rings is 1. The van der Waals surface area contributed by atoms with Crippen molar-refractivity contribution in [3.8, 4) is 5.75 Å². The highest BCUT2D eigenvalue weighted by Crippen LogP contribution is 2.43. The maximum atomic E-state index is 13.0. The molecule has 1 saturated heterocycles. The number of ketones is 1. The van der Waals surface area contributed by atoms with Crippen molar-refractivity contribution in [2.24, 2.45) is 0 Å². The Labute approximate surface area is 182 Å². The van der Waals surface area contributed by atoms with Crippen molar-refractivity contribution in [3.05, 3.63) is 81.8 Å². The molecule has 0 spiro atoms. The van der Waals surface area contributed by atoms with Crippen LogP contribution in [0, 0.1) is 0 Å². The lowest BCUT2D eigenvalue weighted by Gasteiger charge is -2.23. The second-order valence-electron chi connectivity index (χ2n) is 6.50. The minimum Gasteiger partial charge on any atom is -0.507 e. The smallest absolute Gasteiger partial charge is 0.301 e. The molecule has 0 saturated carbocycles. The standard InChI is InChI=1S/C22H17ClN2O4S/c1-2-29-16-8-6-13(7-9-16)19(26)17-18(14-4-3-5-15(23)12-14)25(21(28)20(17)27)22-24-10-11-30-22/h3-12,18,26H,2H2,1H3/t18-/m1/s1. The Morgan fingerprint density at radius 3 is 2.63 bits per heavy atom. The van der Waals surface area contributed by atoms with Gasteiger partial charge < -0.3 is 9.84 Å². The van der Waals surface area contributed by atoms with Gasteiger partial charge >= 0.3 is 5.91 Å². The molecule has 6 nitrogen and oxygen atoms in total. The van der Waals surface area contributed by atoms with Gasteiger partial charge in [-0.1, -0.05) is 23.7 Å². The number of hydrogen-bond donors (Lipinski definition) is 1. The first-order valence-electron chi connectivity index (χ1n) is 9.20. The van der Waals surface area contributed by atoms with Crippen molar-refractivity contribution in [2.75, 3.05) is 11.5 Å². The van der Waals surface area contributed by atoms with E-state index in [0.717, 1.165) is 0 Å². The summed E-state index contributed by atoms with van der Waals surface area (Å²) in [5.74, 6) is -1.15. The fourth-order valence-electron chi connectivity index (χ4n) is 3.39. The average molecular weight is 441 g/mol. The molecule has 30 heavy (non-hydrogen) atoms. The summed E-state index contributed by atoms with van der Waals surface area (Å²) in [6.45, 7) is 2.39. The number of aromatic nitrogens is 1. The number of carbonyl (C=O) groups excluding carboxylic acids is 2. The summed E-state index contributed by atoms with van der Waals surface area (Å²) < 4.78 is 5.43. The Balaban J connectivity index is 1.88. The Morgan fingerprint density at radius 1 is 1.23 bits per heavy atom. The van der Waals surface area contributed by atoms with Gasteiger partial charge in [0.15, 0.2) is 5.13 Å². The first-order chi connectivity index (χ1) is 14.5. The summed E-state index contributed by atoms with van der Waals surface area (Å²) in [5, 5.41) is 13.6. The Hall–Kier alpha value is -3.16. The molecular formula is C22H17ClN2O4S. The van der Waals surface area contributed by atoms with E-state index in [1.807, 2.05) is 6.92 Å². The molecule has 2 aromatic carbocycles. The molecule has 2 heterocycles. The Bertz CT molecular complexity index is 1130. The van der Waals surface area contributed by atoms with E-state index in [1.54, 1.807) is 60.1 Å². The number of halogens is 1. The van der Waals surface area contributed by atoms with E-state index in [1.165, 1.54) is 16.2 Å². The second kappa shape index (κ2) is 8.30. The maximum Gasteiger partial charge on any atom is 0.301 e. The highest BCUT2D eigenvalue weighted by Gasteiger charge is 2.48. The number of anilines is 1. The molecule has 1 atom stereocenters. The summed E-state index contributed by atoms with van der Waals surface area (Å²) in [5.41, 5.74) is 0.994. The van der Waals surface area contributed by atoms with E-state index < -0.39 is 17.7 Å². The van der Waals surface area contributed by atoms with Crippen LogP contribution in [0.1, 0.15) is 24.1 Å². The minimum absolute atomic E-state index is 0.0124. The number of benzene rings is 2. The summed E-state index contributed by atoms with van der Waals surface area (Å²) >= 11 is 7.40. The molecule has 0 unspecified atom stereocenters. The molecule has 1 amide bonds. The molecule has 1 aliphatic heterocycles. The van der Waals surface area contributed by atoms with Crippen LogP contribution in [0.3, 0.4) is 0 Å². The molecule has 1 aliphatic rings. The number of rotatable bonds is 5. The van der Waals surface area contributed by atoms with Crippen LogP contribution in [0.5, 0.6) is 5.75 Å². The topological polar surface area (TPSA) is 79.7 Å². The quantitative estimate of drug-likeness (QED) is 0.349. The minimum atomic E-state index is -0.846. The van der Waals surface area contributed by atoms with E-state index >= 15 is 0 Å². The van der Waals surface area contributed by atoms with Crippen LogP contribution in [0.25, 0.3) is 5.76 Å². The normalized spacial score (nSPS) is 18.1. The van der Waals surface area contributed by atoms with Crippen molar-refractivity contribution < 1.29 is 19.4 Å². The van der Waals surface area contributed by atoms with Gasteiger partial charge in [0.05, 0.1) is 18.2 Å². The number of hydrogen-bond acceptors (Lipinski definition) is 6. The van der Waals surface area contributed by atoms with E-state index in [-0.39, 0.29) is 11.3 Å². The molecule has 8 heteroatoms. The molecule has 3 aromatic rings. The summed E-state index contributed by atoms with van der Waals surface area (Å²) in [4.78, 5) is 31.4. The average Bonchev–Trinajstić information content (AvgIpc) is 3.35. The molecule has 1 N–H and O–H groups in total. The summed E-state index contributed by atoms with van der Waals surface area (Å²) in [6, 6.07) is 12.7. The fraction of sp³-hybridized carbons (Fsp3) is 0.136. The van der Waals surface area contributed by atoms with Crippen molar-refractivity contribution in [2.45, 2.75) is 13.0 Å². The summed E-state index contributed by atoms with van der Waals surface area (Å²) in [7, 11) is 0. The third kappa shape index (κ3) is 3.58. The molecular weight excluding hydrogens is 424 g/mol. The predicted octanol–water partition coefficient (Wildman–Crippen LogP) is 4.82. The van der Waals surface area contributed by atoms with E-state index in [4.69, 9.17) is 16.3 Å². The van der Waals surface area contributed by atoms with Crippen molar-refractivity contribution in [3.63, 3.8) is 0 Å². The SMILES string of the molecule is CCOc1ccc(C(O)=C2C(=O)C(=O)N(c3nccs3)[C@@H]2c2cccc(Cl)c2)cc1. The van der Waals surface area contributed by atoms with E-state index in [0.29, 0.717) is 33.6 Å². The number of amides is 1. The fourth-order valence-corrected chi connectivity index (χ4v) is 4.25. The first-order valence-corrected chi connectivity index (χ1v) is 10.5. The third-order valence-corrected chi connectivity index (χ3v) is 5.68. The number of ether oxygens (including phenoxy) is 1. The number of carbonyl (C=O) groups is 2. The molecule has 0 radical (unpaired) electrons. The van der Waals surface area contributed by atoms with E-state index in [2.05, 4.69) is 4.98 Å². The second-order valence-corrected chi connectivity index (χ2v) is 7.81. The van der Waals surface area contributed by atoms with Crippen LogP contribution in [0.4, 0.5) is 5.13 Å². The zero-order valence-corrected chi connectivity index (χ0v) is 17.5. The number of Topliss-reactive ketones (excluding diaryl/α,β-unsaturated/α-hetero) is 1. The van der Waals surface area contributed by atoms with Crippen LogP contribution >= 0.6 is 22.9 Å². The van der Waals surface area contributed by atoms with Gasteiger partial charge in [-0.05, 0) is 48.9 Å². The largest absolute Gasteiger partial charge is 0.507 e. The zero-order chi connectivity index (χ0) is 21.3.